The van der Waals surface area contributed by atoms with E-state index < -0.39 is 33.4 Å². The van der Waals surface area contributed by atoms with Crippen LogP contribution in [0.15, 0.2) is 0 Å². The fourth-order valence-corrected chi connectivity index (χ4v) is 0.862. The van der Waals surface area contributed by atoms with E-state index in [-0.39, 0.29) is 0 Å². The van der Waals surface area contributed by atoms with Crippen molar-refractivity contribution in [3.63, 3.8) is 0 Å². The number of carbonyl (C=O) groups excluding carboxylic acids is 2. The summed E-state index contributed by atoms with van der Waals surface area (Å²) in [6.45, 7) is -0.986. The largest absolute Gasteiger partial charge is 0.698 e. The maximum absolute atomic E-state index is 10.8. The quantitative estimate of drug-likeness (QED) is 0.465. The first-order valence-electron chi connectivity index (χ1n) is 3.47. The second kappa shape index (κ2) is 7.37. The van der Waals surface area contributed by atoms with Gasteiger partial charge in [-0.25, -0.2) is 9.59 Å². The van der Waals surface area contributed by atoms with Gasteiger partial charge >= 0.3 is 20.2 Å². The molecular formula is C6H10O7P+. The molecule has 0 aromatic rings. The average Bonchev–Trinajstić information content (AvgIpc) is 2.22. The van der Waals surface area contributed by atoms with E-state index in [1.54, 1.807) is 0 Å². The zero-order valence-corrected chi connectivity index (χ0v) is 8.61. The fraction of sp³-hybridized carbons (Fsp3) is 0.667. The first-order chi connectivity index (χ1) is 6.60. The highest BCUT2D eigenvalue weighted by Crippen LogP contribution is 2.22. The highest BCUT2D eigenvalue weighted by molar-refractivity contribution is 7.33. The summed E-state index contributed by atoms with van der Waals surface area (Å²) in [5.74, 6) is -1.37. The Kier molecular flexibility index (Phi) is 6.82. The minimum Gasteiger partial charge on any atom is -0.467 e. The lowest BCUT2D eigenvalue weighted by Crippen LogP contribution is -2.10. The number of hydrogen-bond acceptors (Lipinski definition) is 7. The molecule has 0 heterocycles. The summed E-state index contributed by atoms with van der Waals surface area (Å²) in [7, 11) is -0.187. The van der Waals surface area contributed by atoms with Crippen LogP contribution in [-0.2, 0) is 32.7 Å². The topological polar surface area (TPSA) is 88.1 Å². The van der Waals surface area contributed by atoms with Gasteiger partial charge in [-0.2, -0.15) is 0 Å². The van der Waals surface area contributed by atoms with Gasteiger partial charge < -0.3 is 9.47 Å². The number of hydrogen-bond donors (Lipinski definition) is 0. The van der Waals surface area contributed by atoms with E-state index >= 15 is 0 Å². The number of esters is 2. The molecule has 0 radical (unpaired) electrons. The molecule has 0 unspecified atom stereocenters. The normalized spacial score (nSPS) is 9.29. The molecule has 14 heavy (non-hydrogen) atoms. The highest BCUT2D eigenvalue weighted by atomic mass is 31.1. The van der Waals surface area contributed by atoms with E-state index in [0.29, 0.717) is 0 Å². The van der Waals surface area contributed by atoms with Crippen LogP contribution in [0.2, 0.25) is 0 Å². The van der Waals surface area contributed by atoms with E-state index in [0.717, 1.165) is 14.2 Å². The molecule has 0 atom stereocenters. The summed E-state index contributed by atoms with van der Waals surface area (Å²) in [6.07, 6.45) is 0. The molecule has 0 saturated carbocycles. The van der Waals surface area contributed by atoms with Gasteiger partial charge in [0.15, 0.2) is 0 Å². The Labute approximate surface area is 81.2 Å². The Bertz CT molecular complexity index is 204. The minimum atomic E-state index is -2.51. The second-order valence-corrected chi connectivity index (χ2v) is 2.89. The minimum absolute atomic E-state index is 0.493. The van der Waals surface area contributed by atoms with Gasteiger partial charge in [0.25, 0.3) is 0 Å². The molecule has 0 bridgehead atoms. The van der Waals surface area contributed by atoms with Crippen molar-refractivity contribution in [3.05, 3.63) is 0 Å². The number of ether oxygens (including phenoxy) is 2. The molecule has 0 aliphatic rings. The zero-order valence-electron chi connectivity index (χ0n) is 7.72. The summed E-state index contributed by atoms with van der Waals surface area (Å²) < 4.78 is 28.0. The molecule has 0 aromatic carbocycles. The van der Waals surface area contributed by atoms with Gasteiger partial charge in [0, 0.05) is 4.57 Å². The molecule has 8 heteroatoms. The summed E-state index contributed by atoms with van der Waals surface area (Å²) in [5.41, 5.74) is 0. The summed E-state index contributed by atoms with van der Waals surface area (Å²) in [5, 5.41) is 0. The molecule has 0 aliphatic heterocycles. The van der Waals surface area contributed by atoms with E-state index in [2.05, 4.69) is 18.5 Å². The van der Waals surface area contributed by atoms with Crippen LogP contribution in [0.5, 0.6) is 0 Å². The average molecular weight is 225 g/mol. The molecule has 0 saturated heterocycles. The highest BCUT2D eigenvalue weighted by Gasteiger charge is 2.24. The molecule has 0 amide bonds. The third kappa shape index (κ3) is 6.47. The standard InChI is InChI=1S/C6H10O7P/c1-10-5(7)3-12-14(9)13-4-6(8)11-2/h3-4H2,1-2H3/q+1. The Hall–Kier alpha value is -1.04. The van der Waals surface area contributed by atoms with E-state index in [1.807, 2.05) is 0 Å². The van der Waals surface area contributed by atoms with Crippen molar-refractivity contribution in [1.82, 2.24) is 0 Å². The van der Waals surface area contributed by atoms with Gasteiger partial charge in [-0.15, -0.1) is 9.05 Å². The van der Waals surface area contributed by atoms with Crippen LogP contribution in [0.4, 0.5) is 0 Å². The molecule has 7 nitrogen and oxygen atoms in total. The van der Waals surface area contributed by atoms with Crippen LogP contribution in [0.25, 0.3) is 0 Å². The maximum Gasteiger partial charge on any atom is 0.698 e. The van der Waals surface area contributed by atoms with Crippen LogP contribution >= 0.6 is 8.25 Å². The SMILES string of the molecule is COC(=O)CO[P+](=O)OCC(=O)OC. The Morgan fingerprint density at radius 2 is 1.36 bits per heavy atom. The van der Waals surface area contributed by atoms with Crippen molar-refractivity contribution in [3.8, 4) is 0 Å². The molecule has 0 rings (SSSR count). The molecule has 0 spiro atoms. The van der Waals surface area contributed by atoms with Gasteiger partial charge in [-0.05, 0) is 0 Å². The maximum atomic E-state index is 10.8. The van der Waals surface area contributed by atoms with Crippen LogP contribution in [0.1, 0.15) is 0 Å². The summed E-state index contributed by atoms with van der Waals surface area (Å²) >= 11 is 0. The van der Waals surface area contributed by atoms with Gasteiger partial charge in [-0.3, -0.25) is 0 Å². The lowest BCUT2D eigenvalue weighted by molar-refractivity contribution is -0.143. The van der Waals surface area contributed by atoms with Crippen molar-refractivity contribution in [2.45, 2.75) is 0 Å². The van der Waals surface area contributed by atoms with Crippen molar-refractivity contribution in [2.75, 3.05) is 27.4 Å². The Morgan fingerprint density at radius 1 is 1.00 bits per heavy atom. The smallest absolute Gasteiger partial charge is 0.467 e. The fourth-order valence-electron chi connectivity index (χ4n) is 0.366. The summed E-state index contributed by atoms with van der Waals surface area (Å²) in [6, 6.07) is 0. The molecule has 0 aromatic heterocycles. The molecule has 0 fully saturated rings. The predicted octanol–water partition coefficient (Wildman–Crippen LogP) is 0.0230. The molecular weight excluding hydrogens is 215 g/mol. The molecule has 0 aliphatic carbocycles. The predicted molar refractivity (Wildman–Crippen MR) is 43.5 cm³/mol. The van der Waals surface area contributed by atoms with Crippen LogP contribution in [-0.4, -0.2) is 39.4 Å². The number of carbonyl (C=O) groups is 2. The first kappa shape index (κ1) is 13.0. The first-order valence-corrected chi connectivity index (χ1v) is 4.56. The Balaban J connectivity index is 3.56. The van der Waals surface area contributed by atoms with Gasteiger partial charge in [0.1, 0.15) is 0 Å². The van der Waals surface area contributed by atoms with Crippen LogP contribution in [0, 0.1) is 0 Å². The lowest BCUT2D eigenvalue weighted by Gasteiger charge is -1.92. The molecule has 0 N–H and O–H groups in total. The van der Waals surface area contributed by atoms with E-state index in [9.17, 15) is 14.2 Å². The van der Waals surface area contributed by atoms with Gasteiger partial charge in [0.05, 0.1) is 14.2 Å². The van der Waals surface area contributed by atoms with Crippen molar-refractivity contribution in [2.24, 2.45) is 0 Å². The summed E-state index contributed by atoms with van der Waals surface area (Å²) in [4.78, 5) is 21.0. The third-order valence-corrected chi connectivity index (χ3v) is 1.71. The van der Waals surface area contributed by atoms with Crippen molar-refractivity contribution in [1.29, 1.82) is 0 Å². The van der Waals surface area contributed by atoms with Crippen molar-refractivity contribution >= 4 is 20.2 Å². The van der Waals surface area contributed by atoms with E-state index in [1.165, 1.54) is 0 Å². The Morgan fingerprint density at radius 3 is 1.64 bits per heavy atom. The second-order valence-electron chi connectivity index (χ2n) is 1.92. The third-order valence-electron chi connectivity index (χ3n) is 1.03. The van der Waals surface area contributed by atoms with E-state index in [4.69, 9.17) is 0 Å². The lowest BCUT2D eigenvalue weighted by atomic mass is 10.8. The number of methoxy groups -OCH3 is 2. The van der Waals surface area contributed by atoms with Gasteiger partial charge in [0.2, 0.25) is 13.2 Å². The monoisotopic (exact) mass is 225 g/mol. The molecule has 80 valence electrons. The van der Waals surface area contributed by atoms with Gasteiger partial charge in [-0.1, -0.05) is 0 Å². The van der Waals surface area contributed by atoms with Crippen molar-refractivity contribution < 1.29 is 32.7 Å². The zero-order chi connectivity index (χ0) is 11.0. The number of rotatable bonds is 6. The van der Waals surface area contributed by atoms with Crippen LogP contribution < -0.4 is 0 Å². The van der Waals surface area contributed by atoms with Crippen LogP contribution in [0.3, 0.4) is 0 Å².